The van der Waals surface area contributed by atoms with Crippen molar-refractivity contribution in [3.63, 3.8) is 0 Å². The molecule has 35 heavy (non-hydrogen) atoms. The van der Waals surface area contributed by atoms with Crippen LogP contribution in [0.4, 0.5) is 4.79 Å². The molecule has 3 aromatic rings. The number of allylic oxidation sites excluding steroid dienone is 1. The zero-order valence-corrected chi connectivity index (χ0v) is 19.0. The Morgan fingerprint density at radius 1 is 1.14 bits per heavy atom. The van der Waals surface area contributed by atoms with Crippen molar-refractivity contribution < 1.29 is 23.7 Å². The number of morpholine rings is 1. The number of hydrogen-bond acceptors (Lipinski definition) is 8. The van der Waals surface area contributed by atoms with Crippen LogP contribution in [0.25, 0.3) is 11.3 Å². The van der Waals surface area contributed by atoms with E-state index in [1.165, 1.54) is 0 Å². The van der Waals surface area contributed by atoms with Gasteiger partial charge in [-0.15, -0.1) is 5.10 Å². The summed E-state index contributed by atoms with van der Waals surface area (Å²) in [6.45, 7) is 1.97. The summed E-state index contributed by atoms with van der Waals surface area (Å²) in [6, 6.07) is 16.7. The number of carbonyl (C=O) groups is 1. The van der Waals surface area contributed by atoms with E-state index >= 15 is 0 Å². The van der Waals surface area contributed by atoms with Gasteiger partial charge in [0.25, 0.3) is 0 Å². The molecule has 3 heterocycles. The molecule has 0 unspecified atom stereocenters. The smallest absolute Gasteiger partial charge is 0.415 e. The second kappa shape index (κ2) is 9.40. The van der Waals surface area contributed by atoms with Gasteiger partial charge in [0.15, 0.2) is 0 Å². The SMILES string of the molecule is COc1ccc(-c2[nH]nc3c2[C@H](c2ccc(OC(=O)N4CCOCC4)cc2)C(C#N)=C(N)O3)cc1. The first-order valence-electron chi connectivity index (χ1n) is 11.0. The fraction of sp³-hybridized carbons (Fsp3) is 0.240. The van der Waals surface area contributed by atoms with Crippen molar-refractivity contribution in [3.05, 3.63) is 71.1 Å². The lowest BCUT2D eigenvalue weighted by atomic mass is 9.83. The summed E-state index contributed by atoms with van der Waals surface area (Å²) in [6.07, 6.45) is -0.423. The van der Waals surface area contributed by atoms with Gasteiger partial charge < -0.3 is 29.6 Å². The summed E-state index contributed by atoms with van der Waals surface area (Å²) >= 11 is 0. The highest BCUT2D eigenvalue weighted by atomic mass is 16.6. The number of nitriles is 1. The monoisotopic (exact) mass is 473 g/mol. The van der Waals surface area contributed by atoms with Crippen molar-refractivity contribution in [2.24, 2.45) is 5.73 Å². The van der Waals surface area contributed by atoms with Gasteiger partial charge >= 0.3 is 6.09 Å². The number of nitrogens with one attached hydrogen (secondary N) is 1. The van der Waals surface area contributed by atoms with Crippen LogP contribution in [0.2, 0.25) is 0 Å². The van der Waals surface area contributed by atoms with E-state index in [4.69, 9.17) is 24.7 Å². The molecule has 5 rings (SSSR count). The number of H-pyrrole nitrogens is 1. The molecule has 0 radical (unpaired) electrons. The van der Waals surface area contributed by atoms with E-state index in [1.54, 1.807) is 36.3 Å². The van der Waals surface area contributed by atoms with E-state index in [2.05, 4.69) is 16.3 Å². The van der Waals surface area contributed by atoms with Crippen LogP contribution in [0, 0.1) is 11.3 Å². The first-order valence-corrected chi connectivity index (χ1v) is 11.0. The number of nitrogens with zero attached hydrogens (tertiary/aromatic N) is 3. The third-order valence-corrected chi connectivity index (χ3v) is 6.01. The van der Waals surface area contributed by atoms with Crippen molar-refractivity contribution in [3.8, 4) is 34.7 Å². The summed E-state index contributed by atoms with van der Waals surface area (Å²) in [7, 11) is 1.60. The highest BCUT2D eigenvalue weighted by Crippen LogP contribution is 2.45. The number of methoxy groups -OCH3 is 1. The van der Waals surface area contributed by atoms with Crippen molar-refractivity contribution in [2.75, 3.05) is 33.4 Å². The Kier molecular flexibility index (Phi) is 5.99. The minimum atomic E-state index is -0.524. The number of aromatic nitrogens is 2. The molecule has 2 aromatic carbocycles. The zero-order chi connectivity index (χ0) is 24.4. The number of carbonyl (C=O) groups excluding carboxylic acids is 1. The molecule has 1 fully saturated rings. The fourth-order valence-corrected chi connectivity index (χ4v) is 4.20. The second-order valence-electron chi connectivity index (χ2n) is 8.01. The van der Waals surface area contributed by atoms with Crippen LogP contribution in [0.1, 0.15) is 17.0 Å². The Bertz CT molecular complexity index is 1300. The van der Waals surface area contributed by atoms with Gasteiger partial charge in [-0.05, 0) is 42.0 Å². The number of aromatic amines is 1. The zero-order valence-electron chi connectivity index (χ0n) is 19.0. The maximum atomic E-state index is 12.4. The average molecular weight is 473 g/mol. The lowest BCUT2D eigenvalue weighted by Crippen LogP contribution is -2.42. The lowest BCUT2D eigenvalue weighted by Gasteiger charge is -2.26. The largest absolute Gasteiger partial charge is 0.497 e. The minimum Gasteiger partial charge on any atom is -0.497 e. The summed E-state index contributed by atoms with van der Waals surface area (Å²) in [4.78, 5) is 14.0. The van der Waals surface area contributed by atoms with E-state index in [1.807, 2.05) is 24.3 Å². The fourth-order valence-electron chi connectivity index (χ4n) is 4.20. The van der Waals surface area contributed by atoms with Gasteiger partial charge in [0, 0.05) is 18.7 Å². The molecule has 2 aliphatic rings. The van der Waals surface area contributed by atoms with Crippen molar-refractivity contribution in [1.29, 1.82) is 5.26 Å². The van der Waals surface area contributed by atoms with Crippen molar-refractivity contribution >= 4 is 6.09 Å². The van der Waals surface area contributed by atoms with Crippen LogP contribution < -0.4 is 19.9 Å². The highest BCUT2D eigenvalue weighted by molar-refractivity contribution is 5.72. The third kappa shape index (κ3) is 4.25. The van der Waals surface area contributed by atoms with Crippen LogP contribution in [-0.2, 0) is 4.74 Å². The van der Waals surface area contributed by atoms with Crippen LogP contribution in [0.3, 0.4) is 0 Å². The number of ether oxygens (including phenoxy) is 4. The third-order valence-electron chi connectivity index (χ3n) is 6.01. The van der Waals surface area contributed by atoms with Crippen LogP contribution in [0.15, 0.2) is 60.0 Å². The summed E-state index contributed by atoms with van der Waals surface area (Å²) in [5.74, 6) is 0.902. The number of rotatable bonds is 4. The second-order valence-corrected chi connectivity index (χ2v) is 8.01. The Balaban J connectivity index is 1.47. The van der Waals surface area contributed by atoms with E-state index in [-0.39, 0.29) is 11.5 Å². The molecule has 10 nitrogen and oxygen atoms in total. The predicted molar refractivity (Wildman–Crippen MR) is 125 cm³/mol. The highest BCUT2D eigenvalue weighted by Gasteiger charge is 2.35. The van der Waals surface area contributed by atoms with E-state index in [0.717, 1.165) is 16.9 Å². The number of benzene rings is 2. The summed E-state index contributed by atoms with van der Waals surface area (Å²) in [5.41, 5.74) is 9.37. The normalized spacial score (nSPS) is 17.3. The Labute approximate surface area is 201 Å². The van der Waals surface area contributed by atoms with Gasteiger partial charge in [-0.3, -0.25) is 5.10 Å². The number of hydrogen-bond donors (Lipinski definition) is 2. The minimum absolute atomic E-state index is 0.000558. The average Bonchev–Trinajstić information content (AvgIpc) is 3.32. The van der Waals surface area contributed by atoms with Crippen LogP contribution >= 0.6 is 0 Å². The molecule has 0 saturated carbocycles. The molecule has 1 atom stereocenters. The Morgan fingerprint density at radius 2 is 1.83 bits per heavy atom. The molecular formula is C25H23N5O5. The van der Waals surface area contributed by atoms with Gasteiger partial charge in [-0.25, -0.2) is 4.79 Å². The molecule has 0 aliphatic carbocycles. The number of amides is 1. The van der Waals surface area contributed by atoms with Gasteiger partial charge in [0.05, 0.1) is 37.5 Å². The molecule has 1 aromatic heterocycles. The molecule has 2 aliphatic heterocycles. The molecule has 0 bridgehead atoms. The van der Waals surface area contributed by atoms with Gasteiger partial charge in [0.2, 0.25) is 11.8 Å². The number of fused-ring (bicyclic) bond motifs is 1. The molecule has 3 N–H and O–H groups in total. The topological polar surface area (TPSA) is 136 Å². The maximum absolute atomic E-state index is 12.4. The lowest BCUT2D eigenvalue weighted by molar-refractivity contribution is 0.0416. The van der Waals surface area contributed by atoms with Gasteiger partial charge in [0.1, 0.15) is 23.1 Å². The van der Waals surface area contributed by atoms with Crippen LogP contribution in [0.5, 0.6) is 17.4 Å². The Hall–Kier alpha value is -4.49. The molecule has 1 saturated heterocycles. The Morgan fingerprint density at radius 3 is 2.49 bits per heavy atom. The standard InChI is InChI=1S/C25H23N5O5/c1-32-17-6-4-16(5-7-17)22-21-20(19(14-26)23(27)35-24(21)29-28-22)15-2-8-18(9-3-15)34-25(31)30-10-12-33-13-11-30/h2-9,20H,10-13,27H2,1H3,(H,28,29)/t20-/m1/s1. The van der Waals surface area contributed by atoms with E-state index in [0.29, 0.717) is 49.2 Å². The maximum Gasteiger partial charge on any atom is 0.415 e. The van der Waals surface area contributed by atoms with E-state index in [9.17, 15) is 10.1 Å². The summed E-state index contributed by atoms with van der Waals surface area (Å²) < 4.78 is 21.7. The van der Waals surface area contributed by atoms with Crippen molar-refractivity contribution in [1.82, 2.24) is 15.1 Å². The molecule has 0 spiro atoms. The van der Waals surface area contributed by atoms with Gasteiger partial charge in [-0.1, -0.05) is 12.1 Å². The molecule has 10 heteroatoms. The number of nitrogens with two attached hydrogens (primary N) is 1. The van der Waals surface area contributed by atoms with E-state index < -0.39 is 12.0 Å². The first kappa shape index (κ1) is 22.3. The predicted octanol–water partition coefficient (Wildman–Crippen LogP) is 3.13. The van der Waals surface area contributed by atoms with Crippen molar-refractivity contribution in [2.45, 2.75) is 5.92 Å². The molecular weight excluding hydrogens is 450 g/mol. The first-order chi connectivity index (χ1) is 17.1. The summed E-state index contributed by atoms with van der Waals surface area (Å²) in [5, 5.41) is 17.2. The van der Waals surface area contributed by atoms with Gasteiger partial charge in [-0.2, -0.15) is 5.26 Å². The molecule has 1 amide bonds. The molecule has 178 valence electrons. The quantitative estimate of drug-likeness (QED) is 0.590. The van der Waals surface area contributed by atoms with Crippen LogP contribution in [-0.4, -0.2) is 54.6 Å².